The highest BCUT2D eigenvalue weighted by atomic mass is 32.2. The Morgan fingerprint density at radius 3 is 2.71 bits per heavy atom. The molecule has 0 unspecified atom stereocenters. The highest BCUT2D eigenvalue weighted by Crippen LogP contribution is 2.19. The second-order valence-electron chi connectivity index (χ2n) is 4.67. The quantitative estimate of drug-likeness (QED) is 0.719. The molecule has 0 radical (unpaired) electrons. The van der Waals surface area contributed by atoms with E-state index in [4.69, 9.17) is 0 Å². The van der Waals surface area contributed by atoms with Crippen LogP contribution in [0, 0.1) is 11.6 Å². The number of anilines is 1. The number of halogens is 2. The standard InChI is InChI=1S/C15H11F2N5OS/c16-10-6-7-13(12(17)8-10)18-14(23)9-24-15-19-20-21-22(15)11-4-2-1-3-5-11/h1-8H,9H2,(H,18,23). The zero-order valence-electron chi connectivity index (χ0n) is 12.2. The molecule has 24 heavy (non-hydrogen) atoms. The fraction of sp³-hybridized carbons (Fsp3) is 0.0667. The molecule has 0 spiro atoms. The highest BCUT2D eigenvalue weighted by Gasteiger charge is 2.13. The Kier molecular flexibility index (Phi) is 4.80. The molecule has 1 heterocycles. The summed E-state index contributed by atoms with van der Waals surface area (Å²) in [6, 6.07) is 12.2. The second kappa shape index (κ2) is 7.18. The van der Waals surface area contributed by atoms with Crippen LogP contribution in [0.5, 0.6) is 0 Å². The van der Waals surface area contributed by atoms with E-state index in [-0.39, 0.29) is 11.4 Å². The number of carbonyl (C=O) groups excluding carboxylic acids is 1. The predicted molar refractivity (Wildman–Crippen MR) is 84.9 cm³/mol. The van der Waals surface area contributed by atoms with Gasteiger partial charge in [-0.3, -0.25) is 4.79 Å². The fourth-order valence-electron chi connectivity index (χ4n) is 1.91. The van der Waals surface area contributed by atoms with Crippen LogP contribution in [-0.2, 0) is 4.79 Å². The molecule has 0 saturated carbocycles. The van der Waals surface area contributed by atoms with Crippen LogP contribution in [0.4, 0.5) is 14.5 Å². The van der Waals surface area contributed by atoms with Gasteiger partial charge in [0.25, 0.3) is 0 Å². The van der Waals surface area contributed by atoms with Crippen molar-refractivity contribution in [2.45, 2.75) is 5.16 Å². The summed E-state index contributed by atoms with van der Waals surface area (Å²) >= 11 is 1.10. The van der Waals surface area contributed by atoms with Gasteiger partial charge in [0.1, 0.15) is 11.6 Å². The summed E-state index contributed by atoms with van der Waals surface area (Å²) in [5, 5.41) is 14.1. The van der Waals surface area contributed by atoms with Crippen LogP contribution in [0.2, 0.25) is 0 Å². The molecule has 3 rings (SSSR count). The molecule has 9 heteroatoms. The number of thioether (sulfide) groups is 1. The summed E-state index contributed by atoms with van der Waals surface area (Å²) in [5.41, 5.74) is 0.680. The molecule has 1 amide bonds. The molecular weight excluding hydrogens is 336 g/mol. The molecule has 2 aromatic carbocycles. The third-order valence-electron chi connectivity index (χ3n) is 2.98. The Bertz CT molecular complexity index is 856. The number of benzene rings is 2. The smallest absolute Gasteiger partial charge is 0.234 e. The lowest BCUT2D eigenvalue weighted by Crippen LogP contribution is -2.15. The first-order valence-electron chi connectivity index (χ1n) is 6.85. The molecule has 3 aromatic rings. The molecule has 122 valence electrons. The average molecular weight is 347 g/mol. The molecule has 0 atom stereocenters. The monoisotopic (exact) mass is 347 g/mol. The fourth-order valence-corrected chi connectivity index (χ4v) is 2.60. The van der Waals surface area contributed by atoms with Crippen molar-refractivity contribution in [1.29, 1.82) is 0 Å². The van der Waals surface area contributed by atoms with Crippen LogP contribution < -0.4 is 5.32 Å². The number of aromatic nitrogens is 4. The van der Waals surface area contributed by atoms with Crippen LogP contribution in [0.25, 0.3) is 5.69 Å². The molecule has 0 bridgehead atoms. The number of nitrogens with one attached hydrogen (secondary N) is 1. The third kappa shape index (κ3) is 3.74. The first-order valence-corrected chi connectivity index (χ1v) is 7.83. The van der Waals surface area contributed by atoms with E-state index in [0.717, 1.165) is 23.5 Å². The first kappa shape index (κ1) is 16.1. The maximum Gasteiger partial charge on any atom is 0.234 e. The Hall–Kier alpha value is -2.81. The summed E-state index contributed by atoms with van der Waals surface area (Å²) in [6.07, 6.45) is 0. The van der Waals surface area contributed by atoms with E-state index in [0.29, 0.717) is 11.2 Å². The summed E-state index contributed by atoms with van der Waals surface area (Å²) in [5.74, 6) is -2.01. The van der Waals surface area contributed by atoms with Crippen LogP contribution in [-0.4, -0.2) is 31.9 Å². The third-order valence-corrected chi connectivity index (χ3v) is 3.90. The molecular formula is C15H11F2N5OS. The van der Waals surface area contributed by atoms with Gasteiger partial charge in [-0.05, 0) is 34.7 Å². The van der Waals surface area contributed by atoms with Crippen LogP contribution in [0.1, 0.15) is 0 Å². The SMILES string of the molecule is O=C(CSc1nnnn1-c1ccccc1)Nc1ccc(F)cc1F. The van der Waals surface area contributed by atoms with Gasteiger partial charge in [-0.25, -0.2) is 8.78 Å². The number of carbonyl (C=O) groups is 1. The van der Waals surface area contributed by atoms with E-state index < -0.39 is 17.5 Å². The van der Waals surface area contributed by atoms with Crippen LogP contribution >= 0.6 is 11.8 Å². The van der Waals surface area contributed by atoms with Gasteiger partial charge >= 0.3 is 0 Å². The number of hydrogen-bond acceptors (Lipinski definition) is 5. The van der Waals surface area contributed by atoms with Gasteiger partial charge in [-0.1, -0.05) is 30.0 Å². The van der Waals surface area contributed by atoms with E-state index in [1.165, 1.54) is 10.7 Å². The van der Waals surface area contributed by atoms with Crippen molar-refractivity contribution in [1.82, 2.24) is 20.2 Å². The van der Waals surface area contributed by atoms with Gasteiger partial charge in [0.05, 0.1) is 17.1 Å². The van der Waals surface area contributed by atoms with Gasteiger partial charge in [-0.2, -0.15) is 4.68 Å². The zero-order valence-corrected chi connectivity index (χ0v) is 13.0. The summed E-state index contributed by atoms with van der Waals surface area (Å²) in [6.45, 7) is 0. The van der Waals surface area contributed by atoms with Crippen LogP contribution in [0.15, 0.2) is 53.7 Å². The number of amides is 1. The minimum absolute atomic E-state index is 0.0238. The Balaban J connectivity index is 1.64. The van der Waals surface area contributed by atoms with E-state index in [1.807, 2.05) is 30.3 Å². The molecule has 6 nitrogen and oxygen atoms in total. The normalized spacial score (nSPS) is 10.6. The van der Waals surface area contributed by atoms with Gasteiger partial charge < -0.3 is 5.32 Å². The molecule has 1 N–H and O–H groups in total. The predicted octanol–water partition coefficient (Wildman–Crippen LogP) is 2.67. The number of para-hydroxylation sites is 1. The Labute approximate surface area is 139 Å². The van der Waals surface area contributed by atoms with Gasteiger partial charge in [0, 0.05) is 6.07 Å². The summed E-state index contributed by atoms with van der Waals surface area (Å²) in [4.78, 5) is 11.9. The molecule has 0 fully saturated rings. The van der Waals surface area contributed by atoms with Crippen molar-refractivity contribution in [2.75, 3.05) is 11.1 Å². The maximum atomic E-state index is 13.5. The lowest BCUT2D eigenvalue weighted by atomic mass is 10.3. The number of hydrogen-bond donors (Lipinski definition) is 1. The number of nitrogens with zero attached hydrogens (tertiary/aromatic N) is 4. The van der Waals surface area contributed by atoms with Crippen molar-refractivity contribution < 1.29 is 13.6 Å². The molecule has 0 aliphatic rings. The van der Waals surface area contributed by atoms with Gasteiger partial charge in [0.15, 0.2) is 0 Å². The molecule has 1 aromatic heterocycles. The lowest BCUT2D eigenvalue weighted by Gasteiger charge is -2.06. The number of rotatable bonds is 5. The minimum atomic E-state index is -0.831. The molecule has 0 aliphatic carbocycles. The second-order valence-corrected chi connectivity index (χ2v) is 5.61. The molecule has 0 aliphatic heterocycles. The van der Waals surface area contributed by atoms with E-state index >= 15 is 0 Å². The highest BCUT2D eigenvalue weighted by molar-refractivity contribution is 7.99. The Morgan fingerprint density at radius 2 is 1.96 bits per heavy atom. The number of tetrazole rings is 1. The average Bonchev–Trinajstić information content (AvgIpc) is 3.05. The first-order chi connectivity index (χ1) is 11.6. The minimum Gasteiger partial charge on any atom is -0.323 e. The van der Waals surface area contributed by atoms with E-state index in [2.05, 4.69) is 20.8 Å². The van der Waals surface area contributed by atoms with E-state index in [1.54, 1.807) is 0 Å². The van der Waals surface area contributed by atoms with Crippen LogP contribution in [0.3, 0.4) is 0 Å². The van der Waals surface area contributed by atoms with Crippen molar-refractivity contribution in [2.24, 2.45) is 0 Å². The van der Waals surface area contributed by atoms with Gasteiger partial charge in [0.2, 0.25) is 11.1 Å². The van der Waals surface area contributed by atoms with Crippen molar-refractivity contribution in [3.8, 4) is 5.69 Å². The van der Waals surface area contributed by atoms with Crippen molar-refractivity contribution in [3.63, 3.8) is 0 Å². The Morgan fingerprint density at radius 1 is 1.17 bits per heavy atom. The van der Waals surface area contributed by atoms with Gasteiger partial charge in [-0.15, -0.1) is 5.10 Å². The largest absolute Gasteiger partial charge is 0.323 e. The lowest BCUT2D eigenvalue weighted by molar-refractivity contribution is -0.113. The summed E-state index contributed by atoms with van der Waals surface area (Å²) < 4.78 is 27.9. The maximum absolute atomic E-state index is 13.5. The van der Waals surface area contributed by atoms with E-state index in [9.17, 15) is 13.6 Å². The van der Waals surface area contributed by atoms with Crippen molar-refractivity contribution in [3.05, 3.63) is 60.2 Å². The topological polar surface area (TPSA) is 72.7 Å². The van der Waals surface area contributed by atoms with Crippen molar-refractivity contribution >= 4 is 23.4 Å². The zero-order chi connectivity index (χ0) is 16.9. The molecule has 0 saturated heterocycles. The summed E-state index contributed by atoms with van der Waals surface area (Å²) in [7, 11) is 0.